The molecule has 0 fully saturated rings. The van der Waals surface area contributed by atoms with E-state index in [0.29, 0.717) is 28.7 Å². The molecule has 0 radical (unpaired) electrons. The quantitative estimate of drug-likeness (QED) is 0.509. The van der Waals surface area contributed by atoms with E-state index >= 15 is 0 Å². The largest absolute Gasteiger partial charge is 0.348 e. The van der Waals surface area contributed by atoms with Crippen LogP contribution in [0.1, 0.15) is 15.9 Å². The zero-order chi connectivity index (χ0) is 20.4. The van der Waals surface area contributed by atoms with E-state index in [9.17, 15) is 14.0 Å². The summed E-state index contributed by atoms with van der Waals surface area (Å²) in [5.74, 6) is -0.683. The number of carbonyl (C=O) groups is 1. The predicted molar refractivity (Wildman–Crippen MR) is 110 cm³/mol. The molecule has 0 saturated carbocycles. The van der Waals surface area contributed by atoms with Crippen molar-refractivity contribution in [3.05, 3.63) is 99.1 Å². The average Bonchev–Trinajstić information content (AvgIpc) is 2.73. The number of aromatic nitrogens is 3. The van der Waals surface area contributed by atoms with Gasteiger partial charge in [0.25, 0.3) is 11.5 Å². The summed E-state index contributed by atoms with van der Waals surface area (Å²) < 4.78 is 14.6. The Morgan fingerprint density at radius 3 is 2.69 bits per heavy atom. The van der Waals surface area contributed by atoms with Crippen LogP contribution in [0.25, 0.3) is 16.6 Å². The van der Waals surface area contributed by atoms with Crippen LogP contribution >= 0.6 is 12.2 Å². The zero-order valence-electron chi connectivity index (χ0n) is 15.1. The third-order valence-electron chi connectivity index (χ3n) is 4.42. The third-order valence-corrected chi connectivity index (χ3v) is 4.71. The van der Waals surface area contributed by atoms with E-state index < -0.39 is 5.82 Å². The van der Waals surface area contributed by atoms with Crippen LogP contribution in [-0.4, -0.2) is 20.4 Å². The maximum absolute atomic E-state index is 13.2. The number of hydrogen-bond donors (Lipinski definition) is 2. The summed E-state index contributed by atoms with van der Waals surface area (Å²) >= 11 is 5.31. The van der Waals surface area contributed by atoms with Crippen molar-refractivity contribution < 1.29 is 9.18 Å². The Bertz CT molecular complexity index is 1310. The van der Waals surface area contributed by atoms with E-state index in [1.54, 1.807) is 36.7 Å². The number of hydrogen-bond acceptors (Lipinski definition) is 4. The standard InChI is InChI=1S/C21H15FN4O2S/c22-15-4-6-16(7-5-15)26-20(28)17-8-3-14(10-18(17)25-21(26)29)19(27)24-12-13-2-1-9-23-11-13/h1-11H,12H2,(H,24,27)(H,25,29). The Morgan fingerprint density at radius 1 is 1.17 bits per heavy atom. The van der Waals surface area contributed by atoms with Crippen LogP contribution in [0, 0.1) is 10.6 Å². The van der Waals surface area contributed by atoms with Gasteiger partial charge >= 0.3 is 0 Å². The first-order valence-corrected chi connectivity index (χ1v) is 9.16. The number of nitrogens with zero attached hydrogens (tertiary/aromatic N) is 2. The highest BCUT2D eigenvalue weighted by Crippen LogP contribution is 2.14. The first kappa shape index (κ1) is 18.7. The summed E-state index contributed by atoms with van der Waals surface area (Å²) in [5, 5.41) is 3.18. The molecule has 4 rings (SSSR count). The van der Waals surface area contributed by atoms with E-state index in [4.69, 9.17) is 12.2 Å². The number of H-pyrrole nitrogens is 1. The molecular weight excluding hydrogens is 391 g/mol. The van der Waals surface area contributed by atoms with Crippen LogP contribution in [0.3, 0.4) is 0 Å². The summed E-state index contributed by atoms with van der Waals surface area (Å²) in [4.78, 5) is 32.3. The van der Waals surface area contributed by atoms with E-state index in [1.807, 2.05) is 6.07 Å². The van der Waals surface area contributed by atoms with Crippen molar-refractivity contribution in [3.8, 4) is 5.69 Å². The Morgan fingerprint density at radius 2 is 1.97 bits per heavy atom. The lowest BCUT2D eigenvalue weighted by atomic mass is 10.1. The van der Waals surface area contributed by atoms with Gasteiger partial charge in [-0.2, -0.15) is 0 Å². The van der Waals surface area contributed by atoms with Crippen LogP contribution in [-0.2, 0) is 6.54 Å². The minimum atomic E-state index is -0.403. The number of aromatic amines is 1. The average molecular weight is 406 g/mol. The molecule has 1 amide bonds. The molecule has 0 saturated heterocycles. The molecule has 4 aromatic rings. The van der Waals surface area contributed by atoms with Gasteiger partial charge < -0.3 is 10.3 Å². The van der Waals surface area contributed by atoms with Crippen LogP contribution in [0.4, 0.5) is 4.39 Å². The van der Waals surface area contributed by atoms with Gasteiger partial charge in [0, 0.05) is 24.5 Å². The Balaban J connectivity index is 1.67. The second kappa shape index (κ2) is 7.76. The minimum absolute atomic E-state index is 0.155. The molecule has 2 heterocycles. The lowest BCUT2D eigenvalue weighted by Gasteiger charge is -2.10. The van der Waals surface area contributed by atoms with Gasteiger partial charge in [-0.05, 0) is 66.3 Å². The Hall–Kier alpha value is -3.65. The molecule has 6 nitrogen and oxygen atoms in total. The molecular formula is C21H15FN4O2S. The van der Waals surface area contributed by atoms with Crippen LogP contribution in [0.2, 0.25) is 0 Å². The zero-order valence-corrected chi connectivity index (χ0v) is 15.9. The van der Waals surface area contributed by atoms with Gasteiger partial charge in [0.2, 0.25) is 0 Å². The normalized spacial score (nSPS) is 10.8. The lowest BCUT2D eigenvalue weighted by molar-refractivity contribution is 0.0951. The highest BCUT2D eigenvalue weighted by molar-refractivity contribution is 7.71. The van der Waals surface area contributed by atoms with Crippen LogP contribution in [0.15, 0.2) is 71.8 Å². The lowest BCUT2D eigenvalue weighted by Crippen LogP contribution is -2.24. The van der Waals surface area contributed by atoms with E-state index in [0.717, 1.165) is 5.56 Å². The summed E-state index contributed by atoms with van der Waals surface area (Å²) in [6.07, 6.45) is 3.34. The molecule has 0 bridgehead atoms. The molecule has 0 aliphatic rings. The van der Waals surface area contributed by atoms with Gasteiger partial charge in [0.05, 0.1) is 16.6 Å². The molecule has 0 spiro atoms. The first-order valence-electron chi connectivity index (χ1n) is 8.75. The fraction of sp³-hybridized carbons (Fsp3) is 0.0476. The third kappa shape index (κ3) is 3.83. The van der Waals surface area contributed by atoms with E-state index in [2.05, 4.69) is 15.3 Å². The van der Waals surface area contributed by atoms with Gasteiger partial charge in [0.1, 0.15) is 5.82 Å². The van der Waals surface area contributed by atoms with Crippen molar-refractivity contribution >= 4 is 29.0 Å². The fourth-order valence-corrected chi connectivity index (χ4v) is 3.27. The van der Waals surface area contributed by atoms with Crippen molar-refractivity contribution in [3.63, 3.8) is 0 Å². The number of fused-ring (bicyclic) bond motifs is 1. The molecule has 2 aromatic carbocycles. The molecule has 2 aromatic heterocycles. The number of halogens is 1. The van der Waals surface area contributed by atoms with Crippen LogP contribution in [0.5, 0.6) is 0 Å². The predicted octanol–water partition coefficient (Wildman–Crippen LogP) is 3.51. The summed E-state index contributed by atoms with van der Waals surface area (Å²) in [6, 6.07) is 13.9. The number of amides is 1. The molecule has 144 valence electrons. The number of rotatable bonds is 4. The van der Waals surface area contributed by atoms with E-state index in [1.165, 1.54) is 28.8 Å². The molecule has 0 aliphatic carbocycles. The number of carbonyl (C=O) groups excluding carboxylic acids is 1. The van der Waals surface area contributed by atoms with Crippen molar-refractivity contribution in [1.29, 1.82) is 0 Å². The Labute approximate surface area is 169 Å². The first-order chi connectivity index (χ1) is 14.0. The van der Waals surface area contributed by atoms with Gasteiger partial charge in [0.15, 0.2) is 4.77 Å². The minimum Gasteiger partial charge on any atom is -0.348 e. The van der Waals surface area contributed by atoms with Crippen molar-refractivity contribution in [1.82, 2.24) is 19.9 Å². The van der Waals surface area contributed by atoms with Gasteiger partial charge in [-0.15, -0.1) is 0 Å². The summed E-state index contributed by atoms with van der Waals surface area (Å²) in [5.41, 5.74) is 1.83. The molecule has 0 aliphatic heterocycles. The van der Waals surface area contributed by atoms with Crippen molar-refractivity contribution in [2.75, 3.05) is 0 Å². The van der Waals surface area contributed by atoms with Crippen LogP contribution < -0.4 is 10.9 Å². The molecule has 2 N–H and O–H groups in total. The topological polar surface area (TPSA) is 79.8 Å². The van der Waals surface area contributed by atoms with Gasteiger partial charge in [-0.25, -0.2) is 4.39 Å². The Kier molecular flexibility index (Phi) is 5.01. The van der Waals surface area contributed by atoms with Gasteiger partial charge in [-0.1, -0.05) is 6.07 Å². The van der Waals surface area contributed by atoms with Crippen molar-refractivity contribution in [2.24, 2.45) is 0 Å². The van der Waals surface area contributed by atoms with E-state index in [-0.39, 0.29) is 16.2 Å². The fourth-order valence-electron chi connectivity index (χ4n) is 2.97. The number of pyridine rings is 1. The van der Waals surface area contributed by atoms with Gasteiger partial charge in [-0.3, -0.25) is 19.1 Å². The highest BCUT2D eigenvalue weighted by atomic mass is 32.1. The maximum Gasteiger partial charge on any atom is 0.266 e. The summed E-state index contributed by atoms with van der Waals surface area (Å²) in [7, 11) is 0. The summed E-state index contributed by atoms with van der Waals surface area (Å²) in [6.45, 7) is 0.340. The SMILES string of the molecule is O=C(NCc1cccnc1)c1ccc2c(=O)n(-c3ccc(F)cc3)c(=S)[nH]c2c1. The number of nitrogens with one attached hydrogen (secondary N) is 2. The molecule has 29 heavy (non-hydrogen) atoms. The monoisotopic (exact) mass is 406 g/mol. The van der Waals surface area contributed by atoms with Crippen molar-refractivity contribution in [2.45, 2.75) is 6.54 Å². The molecule has 0 atom stereocenters. The maximum atomic E-state index is 13.2. The molecule has 0 unspecified atom stereocenters. The highest BCUT2D eigenvalue weighted by Gasteiger charge is 2.11. The number of benzene rings is 2. The second-order valence-electron chi connectivity index (χ2n) is 6.35. The molecule has 8 heteroatoms. The smallest absolute Gasteiger partial charge is 0.266 e. The second-order valence-corrected chi connectivity index (χ2v) is 6.74.